The first-order valence-corrected chi connectivity index (χ1v) is 7.01. The van der Waals surface area contributed by atoms with Crippen LogP contribution in [0.25, 0.3) is 0 Å². The van der Waals surface area contributed by atoms with Gasteiger partial charge in [-0.05, 0) is 39.5 Å². The Labute approximate surface area is 106 Å². The number of hydrogen-bond donors (Lipinski definition) is 0. The van der Waals surface area contributed by atoms with Crippen molar-refractivity contribution in [3.63, 3.8) is 0 Å². The van der Waals surface area contributed by atoms with Crippen LogP contribution in [0.4, 0.5) is 0 Å². The number of esters is 1. The fourth-order valence-electron chi connectivity index (χ4n) is 1.59. The van der Waals surface area contributed by atoms with E-state index >= 15 is 0 Å². The van der Waals surface area contributed by atoms with Crippen molar-refractivity contribution in [2.24, 2.45) is 0 Å². The number of hydrogen-bond acceptors (Lipinski definition) is 2. The molecule has 0 N–H and O–H groups in total. The molecule has 17 heavy (non-hydrogen) atoms. The van der Waals surface area contributed by atoms with Gasteiger partial charge in [0.2, 0.25) is 0 Å². The molecule has 100 valence electrons. The summed E-state index contributed by atoms with van der Waals surface area (Å²) in [5.74, 6) is -0.0570. The molecule has 0 saturated heterocycles. The van der Waals surface area contributed by atoms with Crippen LogP contribution in [0.5, 0.6) is 0 Å². The van der Waals surface area contributed by atoms with Crippen molar-refractivity contribution < 1.29 is 9.53 Å². The summed E-state index contributed by atoms with van der Waals surface area (Å²) in [7, 11) is 0. The molecule has 0 heterocycles. The summed E-state index contributed by atoms with van der Waals surface area (Å²) in [5, 5.41) is 0. The fourth-order valence-corrected chi connectivity index (χ4v) is 1.59. The van der Waals surface area contributed by atoms with Crippen molar-refractivity contribution in [2.75, 3.05) is 0 Å². The minimum absolute atomic E-state index is 0.0176. The van der Waals surface area contributed by atoms with Crippen molar-refractivity contribution in [1.29, 1.82) is 0 Å². The maximum atomic E-state index is 11.2. The average molecular weight is 240 g/mol. The van der Waals surface area contributed by atoms with Gasteiger partial charge in [0.25, 0.3) is 0 Å². The van der Waals surface area contributed by atoms with Crippen LogP contribution in [-0.4, -0.2) is 12.1 Å². The van der Waals surface area contributed by atoms with E-state index in [1.165, 1.54) is 25.7 Å². The Bertz CT molecular complexity index is 207. The van der Waals surface area contributed by atoms with E-state index in [4.69, 9.17) is 4.74 Å². The molecule has 0 aromatic heterocycles. The molecule has 2 heteroatoms. The largest absolute Gasteiger partial charge is 0.463 e. The Kier molecular flexibility index (Phi) is 11.1. The van der Waals surface area contributed by atoms with Gasteiger partial charge in [-0.1, -0.05) is 38.3 Å². The summed E-state index contributed by atoms with van der Waals surface area (Å²) < 4.78 is 5.07. The lowest BCUT2D eigenvalue weighted by atomic mass is 10.1. The van der Waals surface area contributed by atoms with E-state index in [9.17, 15) is 4.79 Å². The molecular weight excluding hydrogens is 212 g/mol. The highest BCUT2D eigenvalue weighted by atomic mass is 16.5. The first-order valence-electron chi connectivity index (χ1n) is 7.01. The predicted molar refractivity (Wildman–Crippen MR) is 73.0 cm³/mol. The lowest BCUT2D eigenvalue weighted by molar-refractivity contribution is -0.147. The molecule has 0 aromatic rings. The second-order valence-corrected chi connectivity index (χ2v) is 4.75. The maximum absolute atomic E-state index is 11.2. The van der Waals surface area contributed by atoms with E-state index in [-0.39, 0.29) is 12.1 Å². The fraction of sp³-hybridized carbons (Fsp3) is 0.800. The first kappa shape index (κ1) is 16.2. The SMILES string of the molecule is CCCC/C=C\CCCCCC(=O)OC(C)C. The highest BCUT2D eigenvalue weighted by Crippen LogP contribution is 2.06. The predicted octanol–water partition coefficient (Wildman–Crippen LogP) is 4.63. The first-order chi connectivity index (χ1) is 8.16. The van der Waals surface area contributed by atoms with E-state index in [1.54, 1.807) is 0 Å². The van der Waals surface area contributed by atoms with Crippen molar-refractivity contribution in [3.8, 4) is 0 Å². The molecule has 0 spiro atoms. The Balaban J connectivity index is 3.23. The van der Waals surface area contributed by atoms with E-state index in [0.29, 0.717) is 6.42 Å². The summed E-state index contributed by atoms with van der Waals surface area (Å²) in [6.45, 7) is 5.99. The van der Waals surface area contributed by atoms with E-state index < -0.39 is 0 Å². The third kappa shape index (κ3) is 13.1. The molecule has 0 aliphatic heterocycles. The minimum Gasteiger partial charge on any atom is -0.463 e. The highest BCUT2D eigenvalue weighted by molar-refractivity contribution is 5.69. The normalized spacial score (nSPS) is 11.3. The zero-order chi connectivity index (χ0) is 12.9. The number of allylic oxidation sites excluding steroid dienone is 2. The summed E-state index contributed by atoms with van der Waals surface area (Å²) in [4.78, 5) is 11.2. The number of carbonyl (C=O) groups excluding carboxylic acids is 1. The molecule has 2 nitrogen and oxygen atoms in total. The van der Waals surface area contributed by atoms with E-state index in [0.717, 1.165) is 19.3 Å². The summed E-state index contributed by atoms with van der Waals surface area (Å²) in [5.41, 5.74) is 0. The smallest absolute Gasteiger partial charge is 0.306 e. The van der Waals surface area contributed by atoms with Crippen LogP contribution in [0.2, 0.25) is 0 Å². The third-order valence-electron chi connectivity index (χ3n) is 2.51. The lowest BCUT2D eigenvalue weighted by Gasteiger charge is -2.06. The molecular formula is C15H28O2. The number of unbranched alkanes of at least 4 members (excludes halogenated alkanes) is 5. The average Bonchev–Trinajstić information content (AvgIpc) is 2.26. The zero-order valence-corrected chi connectivity index (χ0v) is 11.7. The van der Waals surface area contributed by atoms with Crippen LogP contribution in [0.1, 0.15) is 72.1 Å². The van der Waals surface area contributed by atoms with Crippen LogP contribution in [0.15, 0.2) is 12.2 Å². The quantitative estimate of drug-likeness (QED) is 0.316. The Hall–Kier alpha value is -0.790. The second-order valence-electron chi connectivity index (χ2n) is 4.75. The van der Waals surface area contributed by atoms with Gasteiger partial charge in [-0.2, -0.15) is 0 Å². The van der Waals surface area contributed by atoms with Crippen LogP contribution in [0, 0.1) is 0 Å². The zero-order valence-electron chi connectivity index (χ0n) is 11.7. The van der Waals surface area contributed by atoms with Gasteiger partial charge < -0.3 is 4.74 Å². The molecule has 0 bridgehead atoms. The highest BCUT2D eigenvalue weighted by Gasteiger charge is 2.03. The van der Waals surface area contributed by atoms with Crippen LogP contribution in [-0.2, 0) is 9.53 Å². The topological polar surface area (TPSA) is 26.3 Å². The molecule has 0 rings (SSSR count). The Morgan fingerprint density at radius 1 is 1.06 bits per heavy atom. The monoisotopic (exact) mass is 240 g/mol. The summed E-state index contributed by atoms with van der Waals surface area (Å²) >= 11 is 0. The Morgan fingerprint density at radius 2 is 1.71 bits per heavy atom. The maximum Gasteiger partial charge on any atom is 0.306 e. The molecule has 0 aliphatic rings. The van der Waals surface area contributed by atoms with Gasteiger partial charge in [0.1, 0.15) is 0 Å². The van der Waals surface area contributed by atoms with Gasteiger partial charge in [-0.3, -0.25) is 4.79 Å². The summed E-state index contributed by atoms with van der Waals surface area (Å²) in [6, 6.07) is 0. The number of rotatable bonds is 10. The van der Waals surface area contributed by atoms with Crippen LogP contribution >= 0.6 is 0 Å². The molecule has 0 atom stereocenters. The van der Waals surface area contributed by atoms with Gasteiger partial charge >= 0.3 is 5.97 Å². The Morgan fingerprint density at radius 3 is 2.29 bits per heavy atom. The van der Waals surface area contributed by atoms with Crippen molar-refractivity contribution in [1.82, 2.24) is 0 Å². The van der Waals surface area contributed by atoms with Crippen molar-refractivity contribution >= 4 is 5.97 Å². The van der Waals surface area contributed by atoms with Crippen molar-refractivity contribution in [3.05, 3.63) is 12.2 Å². The van der Waals surface area contributed by atoms with Gasteiger partial charge in [-0.15, -0.1) is 0 Å². The third-order valence-corrected chi connectivity index (χ3v) is 2.51. The number of carbonyl (C=O) groups is 1. The lowest BCUT2D eigenvalue weighted by Crippen LogP contribution is -2.10. The van der Waals surface area contributed by atoms with E-state index in [1.807, 2.05) is 13.8 Å². The molecule has 0 saturated carbocycles. The van der Waals surface area contributed by atoms with E-state index in [2.05, 4.69) is 19.1 Å². The molecule has 0 fully saturated rings. The van der Waals surface area contributed by atoms with Gasteiger partial charge in [0.15, 0.2) is 0 Å². The summed E-state index contributed by atoms with van der Waals surface area (Å²) in [6.07, 6.45) is 13.3. The van der Waals surface area contributed by atoms with Crippen molar-refractivity contribution in [2.45, 2.75) is 78.2 Å². The number of ether oxygens (including phenoxy) is 1. The van der Waals surface area contributed by atoms with Crippen LogP contribution in [0.3, 0.4) is 0 Å². The molecule has 0 radical (unpaired) electrons. The molecule has 0 aromatic carbocycles. The molecule has 0 unspecified atom stereocenters. The van der Waals surface area contributed by atoms with Gasteiger partial charge in [-0.25, -0.2) is 0 Å². The molecule has 0 aliphatic carbocycles. The van der Waals surface area contributed by atoms with Crippen LogP contribution < -0.4 is 0 Å². The standard InChI is InChI=1S/C15H28O2/c1-4-5-6-7-8-9-10-11-12-13-15(16)17-14(2)3/h7-8,14H,4-6,9-13H2,1-3H3/b8-7-. The van der Waals surface area contributed by atoms with Gasteiger partial charge in [0.05, 0.1) is 6.10 Å². The minimum atomic E-state index is -0.0570. The second kappa shape index (κ2) is 11.7. The van der Waals surface area contributed by atoms with Gasteiger partial charge in [0, 0.05) is 6.42 Å². The molecule has 0 amide bonds.